The quantitative estimate of drug-likeness (QED) is 0.885. The predicted octanol–water partition coefficient (Wildman–Crippen LogP) is 3.38. The lowest BCUT2D eigenvalue weighted by atomic mass is 10.1. The molecule has 1 heterocycles. The van der Waals surface area contributed by atoms with Gasteiger partial charge in [-0.15, -0.1) is 0 Å². The third-order valence-corrected chi connectivity index (χ3v) is 3.79. The summed E-state index contributed by atoms with van der Waals surface area (Å²) in [5.74, 6) is 1.02. The Bertz CT molecular complexity index is 584. The van der Waals surface area contributed by atoms with Crippen molar-refractivity contribution in [1.82, 2.24) is 9.78 Å². The fraction of sp³-hybridized carbons (Fsp3) is 0.471. The van der Waals surface area contributed by atoms with Gasteiger partial charge < -0.3 is 10.6 Å². The van der Waals surface area contributed by atoms with E-state index in [4.69, 9.17) is 5.73 Å². The zero-order valence-corrected chi connectivity index (χ0v) is 13.6. The lowest BCUT2D eigenvalue weighted by Crippen LogP contribution is -2.21. The Morgan fingerprint density at radius 1 is 1.14 bits per heavy atom. The van der Waals surface area contributed by atoms with Crippen LogP contribution in [0.1, 0.15) is 37.1 Å². The van der Waals surface area contributed by atoms with Gasteiger partial charge in [0.2, 0.25) is 0 Å². The number of anilines is 2. The molecule has 0 saturated heterocycles. The van der Waals surface area contributed by atoms with Crippen LogP contribution < -0.4 is 10.6 Å². The first-order valence-corrected chi connectivity index (χ1v) is 7.68. The number of hydrogen-bond acceptors (Lipinski definition) is 3. The summed E-state index contributed by atoms with van der Waals surface area (Å²) in [6.45, 7) is 8.03. The highest BCUT2D eigenvalue weighted by Crippen LogP contribution is 2.27. The second-order valence-corrected chi connectivity index (χ2v) is 5.57. The fourth-order valence-corrected chi connectivity index (χ4v) is 2.58. The number of aryl methyl sites for hydroxylation is 3. The number of nitrogens with two attached hydrogens (primary N) is 1. The molecule has 0 radical (unpaired) electrons. The Balaban J connectivity index is 2.20. The number of benzene rings is 1. The van der Waals surface area contributed by atoms with Crippen molar-refractivity contribution in [3.05, 3.63) is 41.1 Å². The minimum absolute atomic E-state index is 0.788. The highest BCUT2D eigenvalue weighted by Gasteiger charge is 2.16. The minimum Gasteiger partial charge on any atom is -0.394 e. The van der Waals surface area contributed by atoms with Gasteiger partial charge >= 0.3 is 0 Å². The van der Waals surface area contributed by atoms with Crippen molar-refractivity contribution < 1.29 is 0 Å². The van der Waals surface area contributed by atoms with Gasteiger partial charge in [0, 0.05) is 20.1 Å². The molecule has 0 aliphatic carbocycles. The SMILES string of the molecule is CCCn1nc(C)c(N)c1N(C)Cc1ccc(CC)cc1. The molecule has 0 aliphatic rings. The second kappa shape index (κ2) is 6.66. The number of nitrogen functional groups attached to an aromatic ring is 1. The average Bonchev–Trinajstić information content (AvgIpc) is 2.75. The maximum absolute atomic E-state index is 6.21. The molecule has 4 heteroatoms. The summed E-state index contributed by atoms with van der Waals surface area (Å²) in [6.07, 6.45) is 2.12. The molecule has 1 aromatic carbocycles. The Morgan fingerprint density at radius 3 is 2.33 bits per heavy atom. The standard InChI is InChI=1S/C17H26N4/c1-5-11-21-17(16(18)13(3)19-21)20(4)12-15-9-7-14(6-2)8-10-15/h7-10H,5-6,11-12,18H2,1-4H3. The Morgan fingerprint density at radius 2 is 1.76 bits per heavy atom. The fourth-order valence-electron chi connectivity index (χ4n) is 2.58. The first kappa shape index (κ1) is 15.4. The van der Waals surface area contributed by atoms with Gasteiger partial charge in [-0.05, 0) is 30.9 Å². The lowest BCUT2D eigenvalue weighted by molar-refractivity contribution is 0.591. The summed E-state index contributed by atoms with van der Waals surface area (Å²) in [5, 5.41) is 4.54. The van der Waals surface area contributed by atoms with E-state index in [1.54, 1.807) is 0 Å². The van der Waals surface area contributed by atoms with Crippen molar-refractivity contribution in [3.63, 3.8) is 0 Å². The molecule has 2 N–H and O–H groups in total. The number of aromatic nitrogens is 2. The molecule has 0 saturated carbocycles. The Labute approximate surface area is 127 Å². The van der Waals surface area contributed by atoms with Crippen molar-refractivity contribution >= 4 is 11.5 Å². The summed E-state index contributed by atoms with van der Waals surface area (Å²) in [4.78, 5) is 2.19. The molecule has 1 aromatic heterocycles. The predicted molar refractivity (Wildman–Crippen MR) is 89.6 cm³/mol. The van der Waals surface area contributed by atoms with Crippen LogP contribution in [-0.4, -0.2) is 16.8 Å². The summed E-state index contributed by atoms with van der Waals surface area (Å²) in [6, 6.07) is 8.78. The van der Waals surface area contributed by atoms with Crippen LogP contribution in [0, 0.1) is 6.92 Å². The summed E-state index contributed by atoms with van der Waals surface area (Å²) in [7, 11) is 2.08. The van der Waals surface area contributed by atoms with E-state index >= 15 is 0 Å². The summed E-state index contributed by atoms with van der Waals surface area (Å²) in [5.41, 5.74) is 10.6. The molecular formula is C17H26N4. The van der Waals surface area contributed by atoms with E-state index in [2.05, 4.69) is 55.2 Å². The van der Waals surface area contributed by atoms with E-state index in [-0.39, 0.29) is 0 Å². The van der Waals surface area contributed by atoms with Crippen LogP contribution in [0.3, 0.4) is 0 Å². The van der Waals surface area contributed by atoms with E-state index in [9.17, 15) is 0 Å². The smallest absolute Gasteiger partial charge is 0.150 e. The van der Waals surface area contributed by atoms with Crippen LogP contribution >= 0.6 is 0 Å². The third kappa shape index (κ3) is 3.38. The Kier molecular flexibility index (Phi) is 4.89. The molecule has 114 valence electrons. The van der Waals surface area contributed by atoms with Crippen LogP contribution in [0.25, 0.3) is 0 Å². The van der Waals surface area contributed by atoms with Crippen LogP contribution in [-0.2, 0) is 19.5 Å². The number of nitrogens with zero attached hydrogens (tertiary/aromatic N) is 3. The van der Waals surface area contributed by atoms with Crippen molar-refractivity contribution in [3.8, 4) is 0 Å². The van der Waals surface area contributed by atoms with Crippen molar-refractivity contribution in [1.29, 1.82) is 0 Å². The third-order valence-electron chi connectivity index (χ3n) is 3.79. The van der Waals surface area contributed by atoms with E-state index in [0.29, 0.717) is 0 Å². The first-order valence-electron chi connectivity index (χ1n) is 7.68. The van der Waals surface area contributed by atoms with E-state index in [0.717, 1.165) is 43.1 Å². The van der Waals surface area contributed by atoms with Gasteiger partial charge in [-0.2, -0.15) is 5.10 Å². The molecule has 0 amide bonds. The maximum atomic E-state index is 6.21. The first-order chi connectivity index (χ1) is 10.1. The summed E-state index contributed by atoms with van der Waals surface area (Å²) >= 11 is 0. The van der Waals surface area contributed by atoms with Gasteiger partial charge in [-0.1, -0.05) is 38.1 Å². The van der Waals surface area contributed by atoms with Gasteiger partial charge in [0.15, 0.2) is 5.82 Å². The van der Waals surface area contributed by atoms with E-state index < -0.39 is 0 Å². The topological polar surface area (TPSA) is 47.1 Å². The van der Waals surface area contributed by atoms with Crippen LogP contribution in [0.2, 0.25) is 0 Å². The van der Waals surface area contributed by atoms with Gasteiger partial charge in [-0.25, -0.2) is 4.68 Å². The van der Waals surface area contributed by atoms with Crippen LogP contribution in [0.5, 0.6) is 0 Å². The monoisotopic (exact) mass is 286 g/mol. The molecule has 0 spiro atoms. The molecule has 0 unspecified atom stereocenters. The highest BCUT2D eigenvalue weighted by atomic mass is 15.4. The minimum atomic E-state index is 0.788. The van der Waals surface area contributed by atoms with Gasteiger partial charge in [-0.3, -0.25) is 0 Å². The van der Waals surface area contributed by atoms with Crippen molar-refractivity contribution in [2.45, 2.75) is 46.7 Å². The van der Waals surface area contributed by atoms with E-state index in [1.807, 2.05) is 11.6 Å². The molecule has 4 nitrogen and oxygen atoms in total. The second-order valence-electron chi connectivity index (χ2n) is 5.57. The maximum Gasteiger partial charge on any atom is 0.150 e. The normalized spacial score (nSPS) is 10.9. The molecule has 0 fully saturated rings. The Hall–Kier alpha value is -1.97. The molecule has 2 aromatic rings. The van der Waals surface area contributed by atoms with Gasteiger partial charge in [0.1, 0.15) is 0 Å². The molecule has 21 heavy (non-hydrogen) atoms. The lowest BCUT2D eigenvalue weighted by Gasteiger charge is -2.21. The van der Waals surface area contributed by atoms with Crippen molar-refractivity contribution in [2.75, 3.05) is 17.7 Å². The summed E-state index contributed by atoms with van der Waals surface area (Å²) < 4.78 is 2.02. The average molecular weight is 286 g/mol. The molecule has 0 aliphatic heterocycles. The van der Waals surface area contributed by atoms with Crippen LogP contribution in [0.4, 0.5) is 11.5 Å². The van der Waals surface area contributed by atoms with Gasteiger partial charge in [0.05, 0.1) is 11.4 Å². The van der Waals surface area contributed by atoms with Gasteiger partial charge in [0.25, 0.3) is 0 Å². The zero-order chi connectivity index (χ0) is 15.4. The number of rotatable bonds is 6. The highest BCUT2D eigenvalue weighted by molar-refractivity contribution is 5.66. The molecule has 0 atom stereocenters. The van der Waals surface area contributed by atoms with Crippen LogP contribution in [0.15, 0.2) is 24.3 Å². The molecule has 0 bridgehead atoms. The zero-order valence-electron chi connectivity index (χ0n) is 13.6. The molecular weight excluding hydrogens is 260 g/mol. The largest absolute Gasteiger partial charge is 0.394 e. The van der Waals surface area contributed by atoms with Crippen molar-refractivity contribution in [2.24, 2.45) is 0 Å². The van der Waals surface area contributed by atoms with E-state index in [1.165, 1.54) is 11.1 Å². The molecule has 2 rings (SSSR count). The number of hydrogen-bond donors (Lipinski definition) is 1.